The second-order valence-corrected chi connectivity index (χ2v) is 11.3. The summed E-state index contributed by atoms with van der Waals surface area (Å²) in [6.07, 6.45) is 8.12. The molecule has 202 valence electrons. The third kappa shape index (κ3) is 6.89. The maximum absolute atomic E-state index is 13.2. The fourth-order valence-corrected chi connectivity index (χ4v) is 5.44. The molecule has 1 aromatic carbocycles. The summed E-state index contributed by atoms with van der Waals surface area (Å²) in [5, 5.41) is 7.00. The zero-order chi connectivity index (χ0) is 27.2. The molecule has 7 heteroatoms. The van der Waals surface area contributed by atoms with Crippen LogP contribution in [-0.2, 0) is 11.3 Å². The number of hydrogen-bond donors (Lipinski definition) is 1. The fraction of sp³-hybridized carbons (Fsp3) is 0.567. The van der Waals surface area contributed by atoms with Crippen LogP contribution < -0.4 is 5.56 Å². The van der Waals surface area contributed by atoms with Gasteiger partial charge in [-0.1, -0.05) is 63.4 Å². The molecule has 1 saturated carbocycles. The van der Waals surface area contributed by atoms with Gasteiger partial charge in [-0.15, -0.1) is 0 Å². The molecule has 1 aromatic heterocycles. The third-order valence-corrected chi connectivity index (χ3v) is 8.06. The van der Waals surface area contributed by atoms with Crippen LogP contribution in [0.2, 0.25) is 0 Å². The molecule has 0 spiro atoms. The van der Waals surface area contributed by atoms with Crippen molar-refractivity contribution < 1.29 is 14.7 Å². The lowest BCUT2D eigenvalue weighted by Gasteiger charge is -2.44. The van der Waals surface area contributed by atoms with Gasteiger partial charge in [-0.3, -0.25) is 14.4 Å². The van der Waals surface area contributed by atoms with Crippen molar-refractivity contribution >= 4 is 11.8 Å². The number of carbonyl (C=O) groups excluding carboxylic acids is 2. The van der Waals surface area contributed by atoms with Gasteiger partial charge in [0.2, 0.25) is 5.91 Å². The molecule has 1 aliphatic carbocycles. The maximum atomic E-state index is 13.2. The normalized spacial score (nSPS) is 18.9. The summed E-state index contributed by atoms with van der Waals surface area (Å²) in [5.74, 6) is 1.13. The number of carbonyl (C=O) groups is 2. The van der Waals surface area contributed by atoms with Crippen LogP contribution in [-0.4, -0.2) is 65.6 Å². The van der Waals surface area contributed by atoms with Crippen LogP contribution in [0.4, 0.5) is 0 Å². The van der Waals surface area contributed by atoms with Crippen LogP contribution in [0.25, 0.3) is 11.1 Å². The monoisotopic (exact) mass is 509 g/mol. The van der Waals surface area contributed by atoms with E-state index in [0.29, 0.717) is 30.6 Å². The number of aromatic nitrogens is 1. The van der Waals surface area contributed by atoms with Gasteiger partial charge in [-0.05, 0) is 35.7 Å². The first-order valence-corrected chi connectivity index (χ1v) is 13.4. The number of aliphatic hydroxyl groups excluding tert-OH is 1. The summed E-state index contributed by atoms with van der Waals surface area (Å²) in [6.45, 7) is 6.37. The smallest absolute Gasteiger partial charge is 0.255 e. The average molecular weight is 510 g/mol. The molecule has 0 bridgehead atoms. The highest BCUT2D eigenvalue weighted by atomic mass is 16.2. The molecule has 2 aromatic rings. The molecule has 2 amide bonds. The van der Waals surface area contributed by atoms with Crippen LogP contribution in [0, 0.1) is 17.3 Å². The molecule has 1 aliphatic heterocycles. The SMILES string of the molecule is CN(C)C(=O)c1cn(CC2CCN(C(=O)CCC3CCC3)CC2(C)C)c(=O)cc1-c1ccccc1.CO. The number of rotatable bonds is 7. The van der Waals surface area contributed by atoms with Crippen LogP contribution in [0.15, 0.2) is 47.4 Å². The highest BCUT2D eigenvalue weighted by Crippen LogP contribution is 2.37. The molecule has 4 rings (SSSR count). The van der Waals surface area contributed by atoms with Crippen molar-refractivity contribution in [2.75, 3.05) is 34.3 Å². The number of pyridine rings is 1. The highest BCUT2D eigenvalue weighted by molar-refractivity contribution is 6.00. The van der Waals surface area contributed by atoms with Gasteiger partial charge >= 0.3 is 0 Å². The van der Waals surface area contributed by atoms with Crippen LogP contribution in [0.3, 0.4) is 0 Å². The van der Waals surface area contributed by atoms with Gasteiger partial charge in [0.05, 0.1) is 5.56 Å². The molecule has 1 unspecified atom stereocenters. The second-order valence-electron chi connectivity index (χ2n) is 11.3. The van der Waals surface area contributed by atoms with E-state index in [-0.39, 0.29) is 28.7 Å². The van der Waals surface area contributed by atoms with Crippen LogP contribution >= 0.6 is 0 Å². The van der Waals surface area contributed by atoms with E-state index in [9.17, 15) is 14.4 Å². The molecule has 2 aliphatic rings. The van der Waals surface area contributed by atoms with Crippen molar-refractivity contribution in [1.29, 1.82) is 0 Å². The predicted octanol–water partition coefficient (Wildman–Crippen LogP) is 4.28. The predicted molar refractivity (Wildman–Crippen MR) is 147 cm³/mol. The molecule has 37 heavy (non-hydrogen) atoms. The van der Waals surface area contributed by atoms with E-state index in [1.165, 1.54) is 19.3 Å². The van der Waals surface area contributed by atoms with Crippen LogP contribution in [0.1, 0.15) is 62.7 Å². The van der Waals surface area contributed by atoms with Crippen molar-refractivity contribution in [3.63, 3.8) is 0 Å². The molecule has 2 heterocycles. The second kappa shape index (κ2) is 12.5. The first kappa shape index (κ1) is 28.6. The molecule has 1 N–H and O–H groups in total. The largest absolute Gasteiger partial charge is 0.400 e. The van der Waals surface area contributed by atoms with E-state index in [1.54, 1.807) is 35.8 Å². The Balaban J connectivity index is 0.00000186. The Morgan fingerprint density at radius 3 is 2.32 bits per heavy atom. The molecule has 2 fully saturated rings. The fourth-order valence-electron chi connectivity index (χ4n) is 5.44. The number of piperidine rings is 1. The summed E-state index contributed by atoms with van der Waals surface area (Å²) >= 11 is 0. The number of amides is 2. The summed E-state index contributed by atoms with van der Waals surface area (Å²) in [7, 11) is 4.46. The molecule has 1 saturated heterocycles. The van der Waals surface area contributed by atoms with E-state index in [4.69, 9.17) is 5.11 Å². The van der Waals surface area contributed by atoms with E-state index >= 15 is 0 Å². The molecule has 1 atom stereocenters. The van der Waals surface area contributed by atoms with Gasteiger partial charge in [0.15, 0.2) is 0 Å². The minimum Gasteiger partial charge on any atom is -0.400 e. The van der Waals surface area contributed by atoms with Crippen molar-refractivity contribution in [3.05, 3.63) is 58.5 Å². The quantitative estimate of drug-likeness (QED) is 0.604. The van der Waals surface area contributed by atoms with Gasteiger partial charge in [0.25, 0.3) is 11.5 Å². The van der Waals surface area contributed by atoms with E-state index in [0.717, 1.165) is 38.0 Å². The van der Waals surface area contributed by atoms with Crippen molar-refractivity contribution in [2.24, 2.45) is 17.3 Å². The third-order valence-electron chi connectivity index (χ3n) is 8.06. The molecule has 7 nitrogen and oxygen atoms in total. The van der Waals surface area contributed by atoms with Gasteiger partial charge in [0.1, 0.15) is 0 Å². The lowest BCUT2D eigenvalue weighted by molar-refractivity contribution is -0.136. The highest BCUT2D eigenvalue weighted by Gasteiger charge is 2.38. The maximum Gasteiger partial charge on any atom is 0.255 e. The number of aliphatic hydroxyl groups is 1. The van der Waals surface area contributed by atoms with E-state index < -0.39 is 0 Å². The van der Waals surface area contributed by atoms with Gasteiger partial charge < -0.3 is 19.5 Å². The van der Waals surface area contributed by atoms with Crippen LogP contribution in [0.5, 0.6) is 0 Å². The molecule has 0 radical (unpaired) electrons. The number of hydrogen-bond acceptors (Lipinski definition) is 4. The number of benzene rings is 1. The Labute approximate surface area is 221 Å². The zero-order valence-corrected chi connectivity index (χ0v) is 23.1. The Hall–Kier alpha value is -2.93. The average Bonchev–Trinajstić information content (AvgIpc) is 2.86. The summed E-state index contributed by atoms with van der Waals surface area (Å²) in [4.78, 5) is 42.6. The van der Waals surface area contributed by atoms with Gasteiger partial charge in [0, 0.05) is 65.1 Å². The summed E-state index contributed by atoms with van der Waals surface area (Å²) in [6, 6.07) is 11.2. The Morgan fingerprint density at radius 2 is 1.76 bits per heavy atom. The van der Waals surface area contributed by atoms with Crippen molar-refractivity contribution in [2.45, 2.75) is 58.9 Å². The number of likely N-dealkylation sites (tertiary alicyclic amines) is 1. The van der Waals surface area contributed by atoms with E-state index in [2.05, 4.69) is 13.8 Å². The lowest BCUT2D eigenvalue weighted by Crippen LogP contribution is -2.49. The Morgan fingerprint density at radius 1 is 1.08 bits per heavy atom. The summed E-state index contributed by atoms with van der Waals surface area (Å²) in [5.41, 5.74) is 1.83. The molecular formula is C30H43N3O4. The standard InChI is InChI=1S/C29H39N3O3.CH4O/c1-29(2)20-31(26(33)14-13-21-9-8-10-21)16-15-23(29)18-32-19-25(28(35)30(3)4)24(17-27(32)34)22-11-6-5-7-12-22;1-2/h5-7,11-12,17,19,21,23H,8-10,13-16,18,20H2,1-4H3;2H,1H3. The zero-order valence-electron chi connectivity index (χ0n) is 23.1. The summed E-state index contributed by atoms with van der Waals surface area (Å²) < 4.78 is 1.70. The number of nitrogens with zero attached hydrogens (tertiary/aromatic N) is 3. The molecular weight excluding hydrogens is 466 g/mol. The topological polar surface area (TPSA) is 82.9 Å². The Bertz CT molecular complexity index is 1120. The first-order chi connectivity index (χ1) is 17.7. The first-order valence-electron chi connectivity index (χ1n) is 13.4. The van der Waals surface area contributed by atoms with Gasteiger partial charge in [-0.2, -0.15) is 0 Å². The Kier molecular flexibility index (Phi) is 9.71. The van der Waals surface area contributed by atoms with E-state index in [1.807, 2.05) is 35.2 Å². The minimum absolute atomic E-state index is 0.103. The van der Waals surface area contributed by atoms with Crippen molar-refractivity contribution in [1.82, 2.24) is 14.4 Å². The lowest BCUT2D eigenvalue weighted by atomic mass is 9.73. The minimum atomic E-state index is -0.122. The van der Waals surface area contributed by atoms with Gasteiger partial charge in [-0.25, -0.2) is 0 Å². The van der Waals surface area contributed by atoms with Crippen molar-refractivity contribution in [3.8, 4) is 11.1 Å².